The molecule has 10 nitrogen and oxygen atoms in total. The molecule has 3 aliphatic rings. The van der Waals surface area contributed by atoms with Crippen molar-refractivity contribution in [3.05, 3.63) is 57.1 Å². The van der Waals surface area contributed by atoms with Gasteiger partial charge < -0.3 is 34.1 Å². The topological polar surface area (TPSA) is 96.4 Å². The Morgan fingerprint density at radius 3 is 2.57 bits per heavy atom. The van der Waals surface area contributed by atoms with Gasteiger partial charge in [0.25, 0.3) is 5.91 Å². The van der Waals surface area contributed by atoms with Crippen molar-refractivity contribution in [3.63, 3.8) is 0 Å². The summed E-state index contributed by atoms with van der Waals surface area (Å²) < 4.78 is 29.6. The van der Waals surface area contributed by atoms with E-state index in [4.69, 9.17) is 21.1 Å². The molecule has 44 heavy (non-hydrogen) atoms. The largest absolute Gasteiger partial charge is 0.451 e. The van der Waals surface area contributed by atoms with Crippen molar-refractivity contribution < 1.29 is 23.5 Å². The van der Waals surface area contributed by atoms with Crippen molar-refractivity contribution in [1.82, 2.24) is 19.7 Å². The molecule has 1 aromatic heterocycles. The molecule has 0 saturated carbocycles. The molecule has 6 rings (SSSR count). The van der Waals surface area contributed by atoms with E-state index in [0.717, 1.165) is 25.8 Å². The number of hydrogen-bond donors (Lipinski definition) is 1. The van der Waals surface area contributed by atoms with E-state index in [1.54, 1.807) is 32.6 Å². The lowest BCUT2D eigenvalue weighted by Gasteiger charge is -2.38. The van der Waals surface area contributed by atoms with E-state index in [1.807, 2.05) is 20.8 Å². The fourth-order valence-electron chi connectivity index (χ4n) is 6.27. The lowest BCUT2D eigenvalue weighted by molar-refractivity contribution is 0.0240. The molecule has 1 unspecified atom stereocenters. The van der Waals surface area contributed by atoms with Crippen LogP contribution in [-0.2, 0) is 4.74 Å². The number of anilines is 1. The van der Waals surface area contributed by atoms with Crippen LogP contribution in [-0.4, -0.2) is 84.3 Å². The highest BCUT2D eigenvalue weighted by Gasteiger charge is 2.33. The average Bonchev–Trinajstić information content (AvgIpc) is 3.37. The van der Waals surface area contributed by atoms with Crippen LogP contribution in [0.2, 0.25) is 5.02 Å². The molecule has 2 aromatic carbocycles. The molecular formula is C32H37ClFN5O5. The molecule has 0 aliphatic carbocycles. The molecule has 0 spiro atoms. The van der Waals surface area contributed by atoms with Crippen LogP contribution >= 0.6 is 11.6 Å². The number of nitrogens with one attached hydrogen (secondary N) is 1. The first kappa shape index (κ1) is 30.2. The van der Waals surface area contributed by atoms with Gasteiger partial charge in [-0.25, -0.2) is 9.18 Å². The third-order valence-electron chi connectivity index (χ3n) is 8.49. The van der Waals surface area contributed by atoms with Crippen molar-refractivity contribution in [1.29, 1.82) is 0 Å². The van der Waals surface area contributed by atoms with Crippen LogP contribution in [0, 0.1) is 5.82 Å². The van der Waals surface area contributed by atoms with Crippen molar-refractivity contribution in [2.24, 2.45) is 0 Å². The fourth-order valence-corrected chi connectivity index (χ4v) is 6.43. The Hall–Kier alpha value is -3.83. The number of fused-ring (bicyclic) bond motifs is 2. The number of carbonyl (C=O) groups excluding carboxylic acids is 2. The lowest BCUT2D eigenvalue weighted by Crippen LogP contribution is -2.50. The maximum absolute atomic E-state index is 16.1. The first-order chi connectivity index (χ1) is 20.9. The molecule has 0 radical (unpaired) electrons. The third-order valence-corrected chi connectivity index (χ3v) is 8.73. The predicted molar refractivity (Wildman–Crippen MR) is 167 cm³/mol. The second-order valence-electron chi connectivity index (χ2n) is 12.7. The predicted octanol–water partition coefficient (Wildman–Crippen LogP) is 5.16. The highest BCUT2D eigenvalue weighted by atomic mass is 35.5. The number of nitrogens with zero attached hydrogens (tertiary/aromatic N) is 4. The van der Waals surface area contributed by atoms with E-state index < -0.39 is 28.8 Å². The van der Waals surface area contributed by atoms with E-state index in [1.165, 1.54) is 12.3 Å². The maximum Gasteiger partial charge on any atom is 0.410 e. The Morgan fingerprint density at radius 2 is 1.89 bits per heavy atom. The van der Waals surface area contributed by atoms with E-state index in [0.29, 0.717) is 60.7 Å². The van der Waals surface area contributed by atoms with Crippen LogP contribution in [0.5, 0.6) is 11.5 Å². The minimum Gasteiger partial charge on any atom is -0.451 e. The number of ether oxygens (including phenoxy) is 2. The van der Waals surface area contributed by atoms with Crippen LogP contribution in [0.25, 0.3) is 16.6 Å². The molecule has 2 amide bonds. The molecule has 2 fully saturated rings. The Balaban J connectivity index is 1.36. The standard InChI is InChI=1S/C32H37ClFN5O5/c1-32(2,3)44-31(42)38-14-12-37(13-15-38)27-23(34)17-21-26-29(27)43-25-16-19(33)7-8-24(25)39(26)18-22(28(21)40)30(41)35-10-9-20-6-5-11-36(20)4/h7-8,16-18,20H,5-6,9-15H2,1-4H3,(H,35,41). The molecule has 1 N–H and O–H groups in total. The maximum atomic E-state index is 16.1. The molecule has 3 aromatic rings. The molecule has 3 aliphatic heterocycles. The second-order valence-corrected chi connectivity index (χ2v) is 13.1. The van der Waals surface area contributed by atoms with Crippen LogP contribution < -0.4 is 20.4 Å². The van der Waals surface area contributed by atoms with E-state index in [9.17, 15) is 14.4 Å². The summed E-state index contributed by atoms with van der Waals surface area (Å²) in [6, 6.07) is 6.63. The average molecular weight is 626 g/mol. The van der Waals surface area contributed by atoms with Gasteiger partial charge in [-0.3, -0.25) is 9.59 Å². The van der Waals surface area contributed by atoms with Crippen LogP contribution in [0.15, 0.2) is 35.3 Å². The summed E-state index contributed by atoms with van der Waals surface area (Å²) in [6.07, 6.45) is 4.07. The molecule has 1 atom stereocenters. The summed E-state index contributed by atoms with van der Waals surface area (Å²) >= 11 is 6.31. The minimum absolute atomic E-state index is 0.0393. The van der Waals surface area contributed by atoms with Gasteiger partial charge in [0.15, 0.2) is 17.3 Å². The Morgan fingerprint density at radius 1 is 1.14 bits per heavy atom. The number of pyridine rings is 1. The summed E-state index contributed by atoms with van der Waals surface area (Å²) in [5.74, 6) is -0.639. The summed E-state index contributed by atoms with van der Waals surface area (Å²) in [7, 11) is 2.08. The number of hydrogen-bond acceptors (Lipinski definition) is 7. The van der Waals surface area contributed by atoms with Crippen molar-refractivity contribution in [2.75, 3.05) is 51.2 Å². The van der Waals surface area contributed by atoms with Gasteiger partial charge in [-0.1, -0.05) is 11.6 Å². The molecule has 2 saturated heterocycles. The third kappa shape index (κ3) is 5.70. The molecule has 234 valence electrons. The number of carbonyl (C=O) groups is 2. The van der Waals surface area contributed by atoms with Gasteiger partial charge >= 0.3 is 6.09 Å². The number of amides is 2. The molecule has 0 bridgehead atoms. The van der Waals surface area contributed by atoms with Crippen LogP contribution in [0.3, 0.4) is 0 Å². The fraction of sp³-hybridized carbons (Fsp3) is 0.469. The van der Waals surface area contributed by atoms with Crippen molar-refractivity contribution in [3.8, 4) is 17.2 Å². The SMILES string of the molecule is CN1CCCC1CCNC(=O)c1cn2c3c(c(N4CCN(C(=O)OC(C)(C)C)CC4)c(F)cc3c1=O)Oc1cc(Cl)ccc1-2. The van der Waals surface area contributed by atoms with Gasteiger partial charge in [0.2, 0.25) is 5.43 Å². The zero-order chi connectivity index (χ0) is 31.3. The summed E-state index contributed by atoms with van der Waals surface area (Å²) in [6.45, 7) is 8.16. The Labute approximate surface area is 260 Å². The van der Waals surface area contributed by atoms with E-state index in [2.05, 4.69) is 17.3 Å². The lowest BCUT2D eigenvalue weighted by atomic mass is 10.0. The Bertz CT molecular complexity index is 1700. The highest BCUT2D eigenvalue weighted by Crippen LogP contribution is 2.47. The number of benzene rings is 2. The summed E-state index contributed by atoms with van der Waals surface area (Å²) in [4.78, 5) is 45.4. The second kappa shape index (κ2) is 11.6. The van der Waals surface area contributed by atoms with Crippen molar-refractivity contribution >= 4 is 40.2 Å². The van der Waals surface area contributed by atoms with Gasteiger partial charge in [-0.05, 0) is 71.8 Å². The number of aromatic nitrogens is 1. The number of rotatable bonds is 5. The molecule has 12 heteroatoms. The zero-order valence-corrected chi connectivity index (χ0v) is 26.2. The summed E-state index contributed by atoms with van der Waals surface area (Å²) in [5.41, 5.74) is -0.172. The van der Waals surface area contributed by atoms with Crippen LogP contribution in [0.1, 0.15) is 50.4 Å². The van der Waals surface area contributed by atoms with Crippen LogP contribution in [0.4, 0.5) is 14.9 Å². The van der Waals surface area contributed by atoms with Gasteiger partial charge in [-0.2, -0.15) is 0 Å². The first-order valence-electron chi connectivity index (χ1n) is 15.0. The van der Waals surface area contributed by atoms with Gasteiger partial charge in [0.1, 0.15) is 22.4 Å². The zero-order valence-electron chi connectivity index (χ0n) is 25.4. The van der Waals surface area contributed by atoms with Gasteiger partial charge in [0.05, 0.1) is 11.1 Å². The normalized spacial score (nSPS) is 18.3. The monoisotopic (exact) mass is 625 g/mol. The first-order valence-corrected chi connectivity index (χ1v) is 15.4. The number of halogens is 2. The van der Waals surface area contributed by atoms with Crippen molar-refractivity contribution in [2.45, 2.75) is 51.7 Å². The van der Waals surface area contributed by atoms with E-state index in [-0.39, 0.29) is 22.4 Å². The molecule has 4 heterocycles. The van der Waals surface area contributed by atoms with E-state index >= 15 is 4.39 Å². The smallest absolute Gasteiger partial charge is 0.410 e. The minimum atomic E-state index is -0.658. The number of likely N-dealkylation sites (tertiary alicyclic amines) is 1. The quantitative estimate of drug-likeness (QED) is 0.327. The van der Waals surface area contributed by atoms with Gasteiger partial charge in [-0.15, -0.1) is 0 Å². The summed E-state index contributed by atoms with van der Waals surface area (Å²) in [5, 5.41) is 3.36. The van der Waals surface area contributed by atoms with Gasteiger partial charge in [0, 0.05) is 56.1 Å². The Kier molecular flexibility index (Phi) is 7.96. The molecular weight excluding hydrogens is 589 g/mol. The number of piperazine rings is 1. The highest BCUT2D eigenvalue weighted by molar-refractivity contribution is 6.30.